The first-order valence-electron chi connectivity index (χ1n) is 5.74. The molecule has 4 heteroatoms. The fraction of sp³-hybridized carbons (Fsp3) is 0.909. The number of hydrogen-bond donors (Lipinski definition) is 3. The van der Waals surface area contributed by atoms with Gasteiger partial charge in [-0.05, 0) is 18.3 Å². The number of carbonyl (C=O) groups is 1. The van der Waals surface area contributed by atoms with E-state index in [0.717, 1.165) is 12.8 Å². The molecule has 2 atom stereocenters. The number of amides is 1. The predicted octanol–water partition coefficient (Wildman–Crippen LogP) is 0.461. The molecule has 90 valence electrons. The highest BCUT2D eigenvalue weighted by Crippen LogP contribution is 2.13. The van der Waals surface area contributed by atoms with Crippen LogP contribution in [0.3, 0.4) is 0 Å². The van der Waals surface area contributed by atoms with Gasteiger partial charge >= 0.3 is 0 Å². The molecule has 0 saturated heterocycles. The third-order valence-electron chi connectivity index (χ3n) is 2.54. The lowest BCUT2D eigenvalue weighted by Gasteiger charge is -2.18. The molecule has 0 fully saturated rings. The van der Waals surface area contributed by atoms with Gasteiger partial charge in [0, 0.05) is 13.1 Å². The zero-order chi connectivity index (χ0) is 11.8. The van der Waals surface area contributed by atoms with E-state index in [0.29, 0.717) is 18.4 Å². The van der Waals surface area contributed by atoms with Gasteiger partial charge in [0.1, 0.15) is 0 Å². The highest BCUT2D eigenvalue weighted by atomic mass is 16.2. The lowest BCUT2D eigenvalue weighted by atomic mass is 9.95. The average molecular weight is 215 g/mol. The second-order valence-corrected chi connectivity index (χ2v) is 4.49. The Hall–Kier alpha value is -0.610. The normalized spacial score (nSPS) is 15.1. The summed E-state index contributed by atoms with van der Waals surface area (Å²) in [5.41, 5.74) is 10.8. The van der Waals surface area contributed by atoms with Gasteiger partial charge in [0.2, 0.25) is 5.91 Å². The summed E-state index contributed by atoms with van der Waals surface area (Å²) in [5.74, 6) is 1.06. The van der Waals surface area contributed by atoms with Gasteiger partial charge in [-0.25, -0.2) is 0 Å². The monoisotopic (exact) mass is 215 g/mol. The lowest BCUT2D eigenvalue weighted by Crippen LogP contribution is -2.46. The van der Waals surface area contributed by atoms with Crippen LogP contribution in [-0.4, -0.2) is 25.0 Å². The summed E-state index contributed by atoms with van der Waals surface area (Å²) in [6.45, 7) is 7.43. The summed E-state index contributed by atoms with van der Waals surface area (Å²) < 4.78 is 0. The van der Waals surface area contributed by atoms with Crippen LogP contribution < -0.4 is 16.8 Å². The Morgan fingerprint density at radius 3 is 2.40 bits per heavy atom. The van der Waals surface area contributed by atoms with Crippen LogP contribution in [0.25, 0.3) is 0 Å². The molecule has 0 spiro atoms. The van der Waals surface area contributed by atoms with E-state index in [2.05, 4.69) is 26.1 Å². The minimum Gasteiger partial charge on any atom is -0.354 e. The highest BCUT2D eigenvalue weighted by Gasteiger charge is 2.14. The Kier molecular flexibility index (Phi) is 7.34. The van der Waals surface area contributed by atoms with Gasteiger partial charge in [0.25, 0.3) is 0 Å². The molecule has 0 aromatic rings. The van der Waals surface area contributed by atoms with E-state index in [1.807, 2.05) is 0 Å². The first-order chi connectivity index (χ1) is 7.01. The Bertz CT molecular complexity index is 183. The van der Waals surface area contributed by atoms with Gasteiger partial charge in [-0.15, -0.1) is 0 Å². The zero-order valence-corrected chi connectivity index (χ0v) is 10.1. The highest BCUT2D eigenvalue weighted by molar-refractivity contribution is 5.81. The molecule has 0 bridgehead atoms. The summed E-state index contributed by atoms with van der Waals surface area (Å²) in [5, 5.41) is 2.85. The maximum Gasteiger partial charge on any atom is 0.238 e. The van der Waals surface area contributed by atoms with E-state index >= 15 is 0 Å². The van der Waals surface area contributed by atoms with Crippen molar-refractivity contribution in [1.82, 2.24) is 5.32 Å². The number of rotatable bonds is 7. The second-order valence-electron chi connectivity index (χ2n) is 4.49. The van der Waals surface area contributed by atoms with E-state index < -0.39 is 6.04 Å². The Labute approximate surface area is 92.8 Å². The predicted molar refractivity (Wildman–Crippen MR) is 63.3 cm³/mol. The quantitative estimate of drug-likeness (QED) is 0.577. The first-order valence-corrected chi connectivity index (χ1v) is 5.74. The van der Waals surface area contributed by atoms with Crippen molar-refractivity contribution in [2.24, 2.45) is 23.3 Å². The Morgan fingerprint density at radius 1 is 1.40 bits per heavy atom. The van der Waals surface area contributed by atoms with Crippen LogP contribution in [0, 0.1) is 11.8 Å². The minimum atomic E-state index is -0.568. The first kappa shape index (κ1) is 14.4. The molecule has 2 unspecified atom stereocenters. The fourth-order valence-corrected chi connectivity index (χ4v) is 1.54. The van der Waals surface area contributed by atoms with Gasteiger partial charge in [0.05, 0.1) is 6.04 Å². The van der Waals surface area contributed by atoms with Crippen molar-refractivity contribution in [2.45, 2.75) is 39.7 Å². The van der Waals surface area contributed by atoms with Crippen LogP contribution in [0.4, 0.5) is 0 Å². The molecule has 0 aliphatic rings. The van der Waals surface area contributed by atoms with Crippen LogP contribution in [0.15, 0.2) is 0 Å². The molecule has 0 aromatic heterocycles. The molecule has 0 aliphatic heterocycles. The molecule has 0 radical (unpaired) electrons. The summed E-state index contributed by atoms with van der Waals surface area (Å²) in [6.07, 6.45) is 2.21. The maximum atomic E-state index is 11.4. The van der Waals surface area contributed by atoms with Crippen molar-refractivity contribution in [2.75, 3.05) is 13.1 Å². The largest absolute Gasteiger partial charge is 0.354 e. The number of carbonyl (C=O) groups excluding carboxylic acids is 1. The lowest BCUT2D eigenvalue weighted by molar-refractivity contribution is -0.122. The molecular formula is C11H25N3O. The van der Waals surface area contributed by atoms with E-state index in [4.69, 9.17) is 11.5 Å². The summed E-state index contributed by atoms with van der Waals surface area (Å²) >= 11 is 0. The smallest absolute Gasteiger partial charge is 0.238 e. The molecule has 5 N–H and O–H groups in total. The summed E-state index contributed by atoms with van der Waals surface area (Å²) in [6, 6.07) is -0.568. The van der Waals surface area contributed by atoms with Crippen molar-refractivity contribution in [3.05, 3.63) is 0 Å². The molecule has 4 nitrogen and oxygen atoms in total. The molecular weight excluding hydrogens is 190 g/mol. The Morgan fingerprint density at radius 2 is 2.00 bits per heavy atom. The van der Waals surface area contributed by atoms with Crippen LogP contribution in [0.1, 0.15) is 33.6 Å². The fourth-order valence-electron chi connectivity index (χ4n) is 1.54. The van der Waals surface area contributed by atoms with Crippen molar-refractivity contribution in [1.29, 1.82) is 0 Å². The van der Waals surface area contributed by atoms with Crippen molar-refractivity contribution in [3.63, 3.8) is 0 Å². The topological polar surface area (TPSA) is 81.1 Å². The van der Waals surface area contributed by atoms with Crippen molar-refractivity contribution >= 4 is 5.91 Å². The molecule has 15 heavy (non-hydrogen) atoms. The van der Waals surface area contributed by atoms with E-state index in [-0.39, 0.29) is 12.5 Å². The van der Waals surface area contributed by atoms with E-state index in [9.17, 15) is 4.79 Å². The number of hydrogen-bond acceptors (Lipinski definition) is 3. The third-order valence-corrected chi connectivity index (χ3v) is 2.54. The van der Waals surface area contributed by atoms with Gasteiger partial charge in [0.15, 0.2) is 0 Å². The molecule has 0 rings (SSSR count). The summed E-state index contributed by atoms with van der Waals surface area (Å²) in [4.78, 5) is 11.4. The molecule has 0 heterocycles. The average Bonchev–Trinajstić information content (AvgIpc) is 2.21. The zero-order valence-electron chi connectivity index (χ0n) is 10.1. The maximum absolute atomic E-state index is 11.4. The molecule has 0 saturated carbocycles. The van der Waals surface area contributed by atoms with Gasteiger partial charge in [-0.3, -0.25) is 4.79 Å². The van der Waals surface area contributed by atoms with Crippen LogP contribution >= 0.6 is 0 Å². The number of nitrogens with two attached hydrogens (primary N) is 2. The molecule has 0 aromatic carbocycles. The van der Waals surface area contributed by atoms with Gasteiger partial charge in [-0.1, -0.05) is 27.2 Å². The van der Waals surface area contributed by atoms with Crippen LogP contribution in [-0.2, 0) is 4.79 Å². The van der Waals surface area contributed by atoms with Crippen LogP contribution in [0.5, 0.6) is 0 Å². The van der Waals surface area contributed by atoms with E-state index in [1.165, 1.54) is 0 Å². The van der Waals surface area contributed by atoms with Crippen molar-refractivity contribution < 1.29 is 4.79 Å². The minimum absolute atomic E-state index is 0.139. The van der Waals surface area contributed by atoms with Crippen molar-refractivity contribution in [3.8, 4) is 0 Å². The van der Waals surface area contributed by atoms with E-state index in [1.54, 1.807) is 0 Å². The van der Waals surface area contributed by atoms with Gasteiger partial charge < -0.3 is 16.8 Å². The van der Waals surface area contributed by atoms with Crippen LogP contribution in [0.2, 0.25) is 0 Å². The second kappa shape index (κ2) is 7.65. The third kappa shape index (κ3) is 6.47. The number of nitrogens with one attached hydrogen (secondary N) is 1. The standard InChI is InChI=1S/C11H25N3O/c1-4-9(5-8(2)3)7-14-11(15)10(13)6-12/h8-10H,4-7,12-13H2,1-3H3,(H,14,15). The summed E-state index contributed by atoms with van der Waals surface area (Å²) in [7, 11) is 0. The SMILES string of the molecule is CCC(CNC(=O)C(N)CN)CC(C)C. The molecule has 0 aliphatic carbocycles. The Balaban J connectivity index is 3.84. The van der Waals surface area contributed by atoms with Gasteiger partial charge in [-0.2, -0.15) is 0 Å². The molecule has 1 amide bonds.